The van der Waals surface area contributed by atoms with Crippen LogP contribution < -0.4 is 15.6 Å². The molecule has 40 heavy (non-hydrogen) atoms. The standard InChI is InChI=1S/C29H29Br2N7O.ClH/c1-19-7-9-23(10-8-19)33-27-34-28(37-32-18-22-16-24(30)26(39)25(31)17-22)36-29(35-27)38-13-11-21(12-14-38)15-20-5-3-2-4-6-20;/h2-10,16-18,21,39H,11-15H2,1H3,(H2,33,34,35,36,37);1H/b32-18-;. The van der Waals surface area contributed by atoms with E-state index in [1.165, 1.54) is 11.1 Å². The van der Waals surface area contributed by atoms with E-state index in [1.807, 2.05) is 24.3 Å². The second-order valence-corrected chi connectivity index (χ2v) is 11.3. The van der Waals surface area contributed by atoms with Crippen LogP contribution in [0, 0.1) is 12.8 Å². The number of hydrogen-bond acceptors (Lipinski definition) is 8. The molecular formula is C29H30Br2ClN7O. The average molecular weight is 688 g/mol. The van der Waals surface area contributed by atoms with E-state index >= 15 is 0 Å². The summed E-state index contributed by atoms with van der Waals surface area (Å²) in [6.07, 6.45) is 4.89. The first-order chi connectivity index (χ1) is 18.9. The zero-order valence-corrected chi connectivity index (χ0v) is 25.9. The Morgan fingerprint density at radius 1 is 0.950 bits per heavy atom. The van der Waals surface area contributed by atoms with Gasteiger partial charge in [-0.15, -0.1) is 12.4 Å². The molecule has 5 rings (SSSR count). The van der Waals surface area contributed by atoms with E-state index in [4.69, 9.17) is 4.98 Å². The largest absolute Gasteiger partial charge is 0.506 e. The molecule has 0 aliphatic carbocycles. The summed E-state index contributed by atoms with van der Waals surface area (Å²) in [5.41, 5.74) is 7.20. The normalized spacial score (nSPS) is 13.7. The van der Waals surface area contributed by atoms with Gasteiger partial charge in [-0.1, -0.05) is 48.0 Å². The number of halogens is 3. The van der Waals surface area contributed by atoms with Crippen molar-refractivity contribution in [1.82, 2.24) is 15.0 Å². The van der Waals surface area contributed by atoms with Gasteiger partial charge in [0.2, 0.25) is 17.8 Å². The van der Waals surface area contributed by atoms with E-state index in [2.05, 4.69) is 99.8 Å². The number of aromatic nitrogens is 3. The van der Waals surface area contributed by atoms with Crippen molar-refractivity contribution >= 4 is 74.0 Å². The highest BCUT2D eigenvalue weighted by Gasteiger charge is 2.22. The number of benzene rings is 3. The molecule has 0 saturated carbocycles. The SMILES string of the molecule is Cc1ccc(Nc2nc(N/N=C\c3cc(Br)c(O)c(Br)c3)nc(N3CCC(Cc4ccccc4)CC3)n2)cc1.Cl. The molecular weight excluding hydrogens is 658 g/mol. The summed E-state index contributed by atoms with van der Waals surface area (Å²) in [6.45, 7) is 3.81. The lowest BCUT2D eigenvalue weighted by Crippen LogP contribution is -2.35. The van der Waals surface area contributed by atoms with Crippen LogP contribution in [-0.4, -0.2) is 39.4 Å². The first-order valence-electron chi connectivity index (χ1n) is 12.8. The van der Waals surface area contributed by atoms with E-state index in [1.54, 1.807) is 18.3 Å². The number of aryl methyl sites for hydroxylation is 1. The molecule has 1 aromatic heterocycles. The minimum Gasteiger partial charge on any atom is -0.506 e. The molecule has 0 amide bonds. The average Bonchev–Trinajstić information content (AvgIpc) is 2.94. The lowest BCUT2D eigenvalue weighted by molar-refractivity contribution is 0.400. The number of hydrazone groups is 1. The molecule has 3 N–H and O–H groups in total. The van der Waals surface area contributed by atoms with Crippen LogP contribution in [0.1, 0.15) is 29.5 Å². The molecule has 3 aromatic carbocycles. The third-order valence-corrected chi connectivity index (χ3v) is 7.82. The summed E-state index contributed by atoms with van der Waals surface area (Å²) in [4.78, 5) is 16.2. The Balaban J connectivity index is 0.00000370. The van der Waals surface area contributed by atoms with Gasteiger partial charge in [-0.3, -0.25) is 0 Å². The second-order valence-electron chi connectivity index (χ2n) is 9.60. The molecule has 208 valence electrons. The number of piperidine rings is 1. The van der Waals surface area contributed by atoms with Crippen molar-refractivity contribution in [3.8, 4) is 5.75 Å². The van der Waals surface area contributed by atoms with Crippen LogP contribution >= 0.6 is 44.3 Å². The van der Waals surface area contributed by atoms with Crippen LogP contribution in [0.2, 0.25) is 0 Å². The maximum atomic E-state index is 9.95. The van der Waals surface area contributed by atoms with Crippen LogP contribution in [0.15, 0.2) is 80.8 Å². The maximum absolute atomic E-state index is 9.95. The summed E-state index contributed by atoms with van der Waals surface area (Å²) >= 11 is 6.69. The topological polar surface area (TPSA) is 98.6 Å². The van der Waals surface area contributed by atoms with Crippen molar-refractivity contribution in [2.45, 2.75) is 26.2 Å². The predicted octanol–water partition coefficient (Wildman–Crippen LogP) is 7.48. The molecule has 4 aromatic rings. The zero-order chi connectivity index (χ0) is 27.2. The van der Waals surface area contributed by atoms with Gasteiger partial charge in [-0.2, -0.15) is 20.1 Å². The fourth-order valence-electron chi connectivity index (χ4n) is 4.49. The van der Waals surface area contributed by atoms with Crippen LogP contribution in [0.3, 0.4) is 0 Å². The molecule has 0 radical (unpaired) electrons. The van der Waals surface area contributed by atoms with Crippen LogP contribution in [0.25, 0.3) is 0 Å². The molecule has 1 saturated heterocycles. The number of aromatic hydroxyl groups is 1. The van der Waals surface area contributed by atoms with E-state index in [-0.39, 0.29) is 18.2 Å². The van der Waals surface area contributed by atoms with Crippen molar-refractivity contribution in [3.63, 3.8) is 0 Å². The minimum absolute atomic E-state index is 0. The van der Waals surface area contributed by atoms with E-state index in [9.17, 15) is 5.11 Å². The molecule has 11 heteroatoms. The van der Waals surface area contributed by atoms with Gasteiger partial charge < -0.3 is 15.3 Å². The molecule has 1 aliphatic rings. The van der Waals surface area contributed by atoms with Gasteiger partial charge in [0.05, 0.1) is 15.2 Å². The first-order valence-corrected chi connectivity index (χ1v) is 14.4. The van der Waals surface area contributed by atoms with Crippen molar-refractivity contribution in [3.05, 3.63) is 92.4 Å². The number of phenols is 1. The monoisotopic (exact) mass is 685 g/mol. The third-order valence-electron chi connectivity index (χ3n) is 6.61. The van der Waals surface area contributed by atoms with Crippen molar-refractivity contribution in [2.75, 3.05) is 28.7 Å². The molecule has 0 bridgehead atoms. The van der Waals surface area contributed by atoms with E-state index < -0.39 is 0 Å². The summed E-state index contributed by atoms with van der Waals surface area (Å²) in [5, 5.41) is 17.6. The quantitative estimate of drug-likeness (QED) is 0.131. The smallest absolute Gasteiger partial charge is 0.250 e. The van der Waals surface area contributed by atoms with Crippen molar-refractivity contribution < 1.29 is 5.11 Å². The highest BCUT2D eigenvalue weighted by atomic mass is 79.9. The van der Waals surface area contributed by atoms with E-state index in [0.717, 1.165) is 43.6 Å². The Labute approximate surface area is 257 Å². The Hall–Kier alpha value is -3.21. The van der Waals surface area contributed by atoms with E-state index in [0.29, 0.717) is 32.7 Å². The molecule has 0 spiro atoms. The van der Waals surface area contributed by atoms with Crippen molar-refractivity contribution in [2.24, 2.45) is 11.0 Å². The number of anilines is 4. The molecule has 1 aliphatic heterocycles. The van der Waals surface area contributed by atoms with Crippen LogP contribution in [-0.2, 0) is 6.42 Å². The first kappa shape index (κ1) is 29.8. The van der Waals surface area contributed by atoms with Crippen molar-refractivity contribution in [1.29, 1.82) is 0 Å². The number of hydrogen-bond donors (Lipinski definition) is 3. The zero-order valence-electron chi connectivity index (χ0n) is 21.9. The van der Waals surface area contributed by atoms with Gasteiger partial charge in [0.1, 0.15) is 5.75 Å². The second kappa shape index (κ2) is 13.9. The van der Waals surface area contributed by atoms with Gasteiger partial charge in [0.25, 0.3) is 0 Å². The molecule has 0 unspecified atom stereocenters. The van der Waals surface area contributed by atoms with Gasteiger partial charge >= 0.3 is 0 Å². The number of nitrogens with one attached hydrogen (secondary N) is 2. The molecule has 1 fully saturated rings. The maximum Gasteiger partial charge on any atom is 0.250 e. The third kappa shape index (κ3) is 7.93. The lowest BCUT2D eigenvalue weighted by Gasteiger charge is -2.32. The Bertz CT molecular complexity index is 1420. The van der Waals surface area contributed by atoms with Crippen LogP contribution in [0.4, 0.5) is 23.5 Å². The number of phenolic OH excluding ortho intramolecular Hbond substituents is 1. The minimum atomic E-state index is 0. The number of rotatable bonds is 8. The highest BCUT2D eigenvalue weighted by Crippen LogP contribution is 2.33. The Kier molecular flexibility index (Phi) is 10.4. The van der Waals surface area contributed by atoms with Gasteiger partial charge in [-0.05, 0) is 99.4 Å². The van der Waals surface area contributed by atoms with Gasteiger partial charge in [0.15, 0.2) is 0 Å². The Morgan fingerprint density at radius 3 is 2.27 bits per heavy atom. The summed E-state index contributed by atoms with van der Waals surface area (Å²) in [7, 11) is 0. The fraction of sp³-hybridized carbons (Fsp3) is 0.241. The summed E-state index contributed by atoms with van der Waals surface area (Å²) in [6, 6.07) is 22.3. The number of nitrogens with zero attached hydrogens (tertiary/aromatic N) is 5. The van der Waals surface area contributed by atoms with Crippen LogP contribution in [0.5, 0.6) is 5.75 Å². The van der Waals surface area contributed by atoms with Gasteiger partial charge in [-0.25, -0.2) is 5.43 Å². The molecule has 0 atom stereocenters. The van der Waals surface area contributed by atoms with Gasteiger partial charge in [0, 0.05) is 18.8 Å². The summed E-state index contributed by atoms with van der Waals surface area (Å²) < 4.78 is 1.14. The molecule has 8 nitrogen and oxygen atoms in total. The lowest BCUT2D eigenvalue weighted by atomic mass is 9.90. The highest BCUT2D eigenvalue weighted by molar-refractivity contribution is 9.11. The molecule has 2 heterocycles. The summed E-state index contributed by atoms with van der Waals surface area (Å²) in [5.74, 6) is 2.19. The fourth-order valence-corrected chi connectivity index (χ4v) is 5.71. The predicted molar refractivity (Wildman–Crippen MR) is 171 cm³/mol. The Morgan fingerprint density at radius 2 is 1.60 bits per heavy atom.